The Hall–Kier alpha value is -1.85. The van der Waals surface area contributed by atoms with Gasteiger partial charge < -0.3 is 14.2 Å². The molecule has 2 heterocycles. The van der Waals surface area contributed by atoms with Gasteiger partial charge in [0, 0.05) is 6.20 Å². The van der Waals surface area contributed by atoms with Crippen molar-refractivity contribution in [3.63, 3.8) is 0 Å². The molecule has 1 aromatic carbocycles. The van der Waals surface area contributed by atoms with E-state index >= 15 is 0 Å². The molecule has 0 aromatic heterocycles. The van der Waals surface area contributed by atoms with Crippen LogP contribution in [0.1, 0.15) is 19.4 Å². The monoisotopic (exact) mass is 289 g/mol. The van der Waals surface area contributed by atoms with E-state index in [-0.39, 0.29) is 24.9 Å². The third-order valence-corrected chi connectivity index (χ3v) is 3.49. The second-order valence-electron chi connectivity index (χ2n) is 5.67. The highest BCUT2D eigenvalue weighted by Crippen LogP contribution is 2.31. The van der Waals surface area contributed by atoms with Gasteiger partial charge in [0.25, 0.3) is 0 Å². The summed E-state index contributed by atoms with van der Waals surface area (Å²) in [5.74, 6) is -0.608. The first-order valence-electron chi connectivity index (χ1n) is 7.05. The minimum Gasteiger partial charge on any atom is -0.444 e. The Morgan fingerprint density at radius 1 is 1.33 bits per heavy atom. The van der Waals surface area contributed by atoms with Crippen molar-refractivity contribution in [2.75, 3.05) is 6.54 Å². The number of carbonyl (C=O) groups excluding carboxylic acids is 1. The van der Waals surface area contributed by atoms with Gasteiger partial charge in [0.15, 0.2) is 5.79 Å². The predicted molar refractivity (Wildman–Crippen MR) is 76.3 cm³/mol. The molecule has 2 atom stereocenters. The van der Waals surface area contributed by atoms with Crippen LogP contribution >= 0.6 is 0 Å². The molecule has 5 heteroatoms. The minimum absolute atomic E-state index is 0.0989. The number of amides is 1. The van der Waals surface area contributed by atoms with Crippen molar-refractivity contribution in [3.8, 4) is 0 Å². The van der Waals surface area contributed by atoms with Crippen LogP contribution in [0.3, 0.4) is 0 Å². The zero-order chi connectivity index (χ0) is 14.9. The molecule has 5 nitrogen and oxygen atoms in total. The van der Waals surface area contributed by atoms with Gasteiger partial charge in [-0.1, -0.05) is 30.3 Å². The topological polar surface area (TPSA) is 48.0 Å². The third-order valence-electron chi connectivity index (χ3n) is 3.49. The second kappa shape index (κ2) is 5.50. The molecule has 21 heavy (non-hydrogen) atoms. The lowest BCUT2D eigenvalue weighted by Gasteiger charge is -2.27. The molecule has 1 fully saturated rings. The number of hydrogen-bond donors (Lipinski definition) is 0. The summed E-state index contributed by atoms with van der Waals surface area (Å²) in [5.41, 5.74) is 0.964. The summed E-state index contributed by atoms with van der Waals surface area (Å²) in [6, 6.07) is 9.61. The first-order chi connectivity index (χ1) is 10.0. The number of rotatable bonds is 2. The summed E-state index contributed by atoms with van der Waals surface area (Å²) in [7, 11) is 0. The SMILES string of the molecule is CC1(C)O[C@H]2CN(C(=O)OCc3ccccc3)C=C[C@H]2O1. The van der Waals surface area contributed by atoms with Crippen molar-refractivity contribution in [1.82, 2.24) is 4.90 Å². The largest absolute Gasteiger partial charge is 0.444 e. The number of carbonyl (C=O) groups is 1. The highest BCUT2D eigenvalue weighted by Gasteiger charge is 2.43. The summed E-state index contributed by atoms with van der Waals surface area (Å²) in [6.07, 6.45) is 2.93. The summed E-state index contributed by atoms with van der Waals surface area (Å²) in [6.45, 7) is 4.45. The lowest BCUT2D eigenvalue weighted by Crippen LogP contribution is -2.41. The average molecular weight is 289 g/mol. The lowest BCUT2D eigenvalue weighted by atomic mass is 10.1. The fraction of sp³-hybridized carbons (Fsp3) is 0.438. The van der Waals surface area contributed by atoms with E-state index in [4.69, 9.17) is 14.2 Å². The van der Waals surface area contributed by atoms with E-state index in [0.717, 1.165) is 5.56 Å². The van der Waals surface area contributed by atoms with Gasteiger partial charge in [0.2, 0.25) is 0 Å². The maximum absolute atomic E-state index is 12.1. The zero-order valence-electron chi connectivity index (χ0n) is 12.2. The van der Waals surface area contributed by atoms with E-state index in [1.54, 1.807) is 6.20 Å². The Balaban J connectivity index is 1.56. The molecule has 2 aliphatic heterocycles. The van der Waals surface area contributed by atoms with E-state index in [1.165, 1.54) is 4.90 Å². The number of hydrogen-bond acceptors (Lipinski definition) is 4. The van der Waals surface area contributed by atoms with Gasteiger partial charge in [-0.05, 0) is 25.5 Å². The van der Waals surface area contributed by atoms with Crippen molar-refractivity contribution >= 4 is 6.09 Å². The molecule has 0 bridgehead atoms. The standard InChI is InChI=1S/C16H19NO4/c1-16(2)20-13-8-9-17(10-14(13)21-16)15(18)19-11-12-6-4-3-5-7-12/h3-9,13-14H,10-11H2,1-2H3/t13-,14+/m1/s1. The van der Waals surface area contributed by atoms with E-state index < -0.39 is 5.79 Å². The van der Waals surface area contributed by atoms with Crippen LogP contribution in [0.15, 0.2) is 42.6 Å². The van der Waals surface area contributed by atoms with Gasteiger partial charge in [-0.25, -0.2) is 4.79 Å². The van der Waals surface area contributed by atoms with Gasteiger partial charge in [-0.2, -0.15) is 0 Å². The van der Waals surface area contributed by atoms with E-state index in [0.29, 0.717) is 6.54 Å². The zero-order valence-corrected chi connectivity index (χ0v) is 12.2. The minimum atomic E-state index is -0.608. The smallest absolute Gasteiger partial charge is 0.414 e. The molecule has 0 unspecified atom stereocenters. The molecule has 0 aliphatic carbocycles. The van der Waals surface area contributed by atoms with Gasteiger partial charge in [-0.3, -0.25) is 4.90 Å². The van der Waals surface area contributed by atoms with Crippen LogP contribution in [-0.2, 0) is 20.8 Å². The highest BCUT2D eigenvalue weighted by atomic mass is 16.8. The van der Waals surface area contributed by atoms with Crippen LogP contribution in [0.25, 0.3) is 0 Å². The first kappa shape index (κ1) is 14.1. The van der Waals surface area contributed by atoms with Gasteiger partial charge in [-0.15, -0.1) is 0 Å². The molecule has 0 spiro atoms. The number of ether oxygens (including phenoxy) is 3. The Kier molecular flexibility index (Phi) is 3.69. The highest BCUT2D eigenvalue weighted by molar-refractivity contribution is 5.69. The van der Waals surface area contributed by atoms with Gasteiger partial charge >= 0.3 is 6.09 Å². The molecule has 1 aromatic rings. The first-order valence-corrected chi connectivity index (χ1v) is 7.05. The van der Waals surface area contributed by atoms with Crippen LogP contribution in [0.4, 0.5) is 4.79 Å². The summed E-state index contributed by atoms with van der Waals surface area (Å²) < 4.78 is 16.8. The summed E-state index contributed by atoms with van der Waals surface area (Å²) in [5, 5.41) is 0. The van der Waals surface area contributed by atoms with Crippen molar-refractivity contribution in [3.05, 3.63) is 48.2 Å². The molecule has 0 N–H and O–H groups in total. The van der Waals surface area contributed by atoms with Crippen molar-refractivity contribution in [1.29, 1.82) is 0 Å². The van der Waals surface area contributed by atoms with E-state index in [9.17, 15) is 4.79 Å². The summed E-state index contributed by atoms with van der Waals surface area (Å²) >= 11 is 0. The predicted octanol–water partition coefficient (Wildman–Crippen LogP) is 2.67. The van der Waals surface area contributed by atoms with Gasteiger partial charge in [0.1, 0.15) is 18.8 Å². The molecular formula is C16H19NO4. The van der Waals surface area contributed by atoms with Crippen molar-refractivity contribution in [2.45, 2.75) is 38.4 Å². The lowest BCUT2D eigenvalue weighted by molar-refractivity contribution is -0.142. The van der Waals surface area contributed by atoms with Crippen molar-refractivity contribution < 1.29 is 19.0 Å². The normalized spacial score (nSPS) is 26.5. The third kappa shape index (κ3) is 3.25. The number of nitrogens with zero attached hydrogens (tertiary/aromatic N) is 1. The Bertz CT molecular complexity index is 540. The second-order valence-corrected chi connectivity index (χ2v) is 5.67. The quantitative estimate of drug-likeness (QED) is 0.840. The molecule has 112 valence electrons. The van der Waals surface area contributed by atoms with E-state index in [2.05, 4.69) is 0 Å². The van der Waals surface area contributed by atoms with Crippen LogP contribution in [0.5, 0.6) is 0 Å². The molecule has 1 saturated heterocycles. The average Bonchev–Trinajstić information content (AvgIpc) is 2.78. The van der Waals surface area contributed by atoms with Crippen LogP contribution < -0.4 is 0 Å². The molecule has 0 radical (unpaired) electrons. The molecular weight excluding hydrogens is 270 g/mol. The summed E-state index contributed by atoms with van der Waals surface area (Å²) in [4.78, 5) is 13.6. The Labute approximate surface area is 124 Å². The maximum Gasteiger partial charge on any atom is 0.414 e. The number of benzene rings is 1. The molecule has 2 aliphatic rings. The van der Waals surface area contributed by atoms with E-state index in [1.807, 2.05) is 50.3 Å². The Morgan fingerprint density at radius 2 is 2.10 bits per heavy atom. The van der Waals surface area contributed by atoms with Crippen molar-refractivity contribution in [2.24, 2.45) is 0 Å². The van der Waals surface area contributed by atoms with Gasteiger partial charge in [0.05, 0.1) is 6.54 Å². The molecule has 1 amide bonds. The molecule has 3 rings (SSSR count). The maximum atomic E-state index is 12.1. The van der Waals surface area contributed by atoms with Crippen LogP contribution in [-0.4, -0.2) is 35.5 Å². The fourth-order valence-corrected chi connectivity index (χ4v) is 2.55. The van der Waals surface area contributed by atoms with Crippen LogP contribution in [0.2, 0.25) is 0 Å². The van der Waals surface area contributed by atoms with Crippen LogP contribution in [0, 0.1) is 0 Å². The fourth-order valence-electron chi connectivity index (χ4n) is 2.55. The molecule has 0 saturated carbocycles. The number of fused-ring (bicyclic) bond motifs is 1. The Morgan fingerprint density at radius 3 is 2.86 bits per heavy atom.